The summed E-state index contributed by atoms with van der Waals surface area (Å²) in [6.45, 7) is -0.0913. The Kier molecular flexibility index (Phi) is 3.70. The van der Waals surface area contributed by atoms with Crippen LogP contribution in [0.1, 0.15) is 12.0 Å². The Morgan fingerprint density at radius 3 is 2.43 bits per heavy atom. The van der Waals surface area contributed by atoms with E-state index in [9.17, 15) is 8.78 Å². The van der Waals surface area contributed by atoms with Crippen molar-refractivity contribution in [1.82, 2.24) is 0 Å². The third kappa shape index (κ3) is 2.56. The van der Waals surface area contributed by atoms with Crippen molar-refractivity contribution in [3.63, 3.8) is 0 Å². The molecule has 0 fully saturated rings. The monoisotopic (exact) mass is 239 g/mol. The summed E-state index contributed by atoms with van der Waals surface area (Å²) in [6.07, 6.45) is -0.422. The van der Waals surface area contributed by atoms with Crippen LogP contribution in [-0.2, 0) is 5.92 Å². The van der Waals surface area contributed by atoms with Crippen LogP contribution in [0.15, 0.2) is 18.2 Å². The van der Waals surface area contributed by atoms with Crippen LogP contribution in [0, 0.1) is 0 Å². The van der Waals surface area contributed by atoms with E-state index in [2.05, 4.69) is 0 Å². The lowest BCUT2D eigenvalue weighted by Gasteiger charge is -2.17. The predicted molar refractivity (Wildman–Crippen MR) is 54.0 cm³/mol. The molecular formula is C9H9Cl2F2N. The van der Waals surface area contributed by atoms with Gasteiger partial charge in [-0.05, 0) is 18.7 Å². The molecule has 0 amide bonds. The first-order valence-electron chi connectivity index (χ1n) is 4.01. The van der Waals surface area contributed by atoms with Crippen molar-refractivity contribution in [2.24, 2.45) is 5.73 Å². The quantitative estimate of drug-likeness (QED) is 0.860. The van der Waals surface area contributed by atoms with E-state index in [-0.39, 0.29) is 17.1 Å². The van der Waals surface area contributed by atoms with Gasteiger partial charge in [-0.2, -0.15) is 0 Å². The number of benzene rings is 1. The molecule has 0 saturated heterocycles. The first-order valence-corrected chi connectivity index (χ1v) is 4.76. The van der Waals surface area contributed by atoms with E-state index in [4.69, 9.17) is 28.9 Å². The number of alkyl halides is 2. The first-order chi connectivity index (χ1) is 6.47. The van der Waals surface area contributed by atoms with Gasteiger partial charge in [0.05, 0.1) is 5.02 Å². The van der Waals surface area contributed by atoms with Gasteiger partial charge in [0, 0.05) is 17.0 Å². The normalized spacial score (nSPS) is 11.8. The highest BCUT2D eigenvalue weighted by Crippen LogP contribution is 2.36. The van der Waals surface area contributed by atoms with Crippen molar-refractivity contribution in [3.8, 4) is 0 Å². The summed E-state index contributed by atoms with van der Waals surface area (Å²) in [5.41, 5.74) is 4.86. The number of halogens is 4. The molecule has 78 valence electrons. The van der Waals surface area contributed by atoms with Gasteiger partial charge >= 0.3 is 0 Å². The summed E-state index contributed by atoms with van der Waals surface area (Å²) in [7, 11) is 0. The minimum atomic E-state index is -2.99. The molecule has 1 rings (SSSR count). The second kappa shape index (κ2) is 4.43. The second-order valence-electron chi connectivity index (χ2n) is 2.87. The SMILES string of the molecule is NCCC(F)(F)c1ccc(Cl)cc1Cl. The molecule has 0 heterocycles. The van der Waals surface area contributed by atoms with Crippen molar-refractivity contribution >= 4 is 23.2 Å². The molecule has 0 radical (unpaired) electrons. The molecule has 0 aliphatic rings. The van der Waals surface area contributed by atoms with E-state index in [1.165, 1.54) is 18.2 Å². The molecule has 0 aliphatic carbocycles. The van der Waals surface area contributed by atoms with Crippen LogP contribution in [0.3, 0.4) is 0 Å². The van der Waals surface area contributed by atoms with Crippen LogP contribution in [0.4, 0.5) is 8.78 Å². The highest BCUT2D eigenvalue weighted by atomic mass is 35.5. The molecule has 0 unspecified atom stereocenters. The van der Waals surface area contributed by atoms with Gasteiger partial charge in [-0.3, -0.25) is 0 Å². The minimum Gasteiger partial charge on any atom is -0.330 e. The zero-order valence-corrected chi connectivity index (χ0v) is 8.75. The van der Waals surface area contributed by atoms with E-state index in [1.54, 1.807) is 0 Å². The summed E-state index contributed by atoms with van der Waals surface area (Å²) in [4.78, 5) is 0. The molecular weight excluding hydrogens is 231 g/mol. The van der Waals surface area contributed by atoms with Crippen LogP contribution in [0.25, 0.3) is 0 Å². The second-order valence-corrected chi connectivity index (χ2v) is 3.71. The fourth-order valence-corrected chi connectivity index (χ4v) is 1.65. The maximum Gasteiger partial charge on any atom is 0.275 e. The predicted octanol–water partition coefficient (Wildman–Crippen LogP) is 3.43. The van der Waals surface area contributed by atoms with Gasteiger partial charge in [0.15, 0.2) is 0 Å². The van der Waals surface area contributed by atoms with Crippen molar-refractivity contribution in [2.45, 2.75) is 12.3 Å². The summed E-state index contributed by atoms with van der Waals surface area (Å²) in [5.74, 6) is -2.99. The fourth-order valence-electron chi connectivity index (χ4n) is 1.10. The maximum atomic E-state index is 13.3. The highest BCUT2D eigenvalue weighted by Gasteiger charge is 2.32. The Balaban J connectivity index is 3.06. The van der Waals surface area contributed by atoms with Crippen LogP contribution in [0.2, 0.25) is 10.0 Å². The molecule has 0 saturated carbocycles. The Morgan fingerprint density at radius 1 is 1.29 bits per heavy atom. The lowest BCUT2D eigenvalue weighted by atomic mass is 10.1. The zero-order chi connectivity index (χ0) is 10.8. The molecule has 0 spiro atoms. The van der Waals surface area contributed by atoms with Gasteiger partial charge in [0.25, 0.3) is 5.92 Å². The summed E-state index contributed by atoms with van der Waals surface area (Å²) in [6, 6.07) is 3.90. The van der Waals surface area contributed by atoms with Crippen LogP contribution >= 0.6 is 23.2 Å². The molecule has 0 atom stereocenters. The van der Waals surface area contributed by atoms with E-state index >= 15 is 0 Å². The van der Waals surface area contributed by atoms with Gasteiger partial charge < -0.3 is 5.73 Å². The van der Waals surface area contributed by atoms with Gasteiger partial charge in [0.2, 0.25) is 0 Å². The van der Waals surface area contributed by atoms with Crippen molar-refractivity contribution in [1.29, 1.82) is 0 Å². The van der Waals surface area contributed by atoms with Crippen molar-refractivity contribution < 1.29 is 8.78 Å². The van der Waals surface area contributed by atoms with Gasteiger partial charge in [-0.15, -0.1) is 0 Å². The fraction of sp³-hybridized carbons (Fsp3) is 0.333. The van der Waals surface area contributed by atoms with Crippen LogP contribution in [-0.4, -0.2) is 6.54 Å². The van der Waals surface area contributed by atoms with E-state index in [0.717, 1.165) is 0 Å². The topological polar surface area (TPSA) is 26.0 Å². The molecule has 0 bridgehead atoms. The highest BCUT2D eigenvalue weighted by molar-refractivity contribution is 6.35. The molecule has 0 aromatic heterocycles. The Labute approximate surface area is 90.8 Å². The molecule has 1 aromatic rings. The van der Waals surface area contributed by atoms with Gasteiger partial charge in [-0.25, -0.2) is 8.78 Å². The molecule has 1 aromatic carbocycles. The average Bonchev–Trinajstić information content (AvgIpc) is 2.02. The van der Waals surface area contributed by atoms with Crippen LogP contribution in [0.5, 0.6) is 0 Å². The summed E-state index contributed by atoms with van der Waals surface area (Å²) >= 11 is 11.2. The lowest BCUT2D eigenvalue weighted by molar-refractivity contribution is -0.0106. The van der Waals surface area contributed by atoms with E-state index in [0.29, 0.717) is 5.02 Å². The maximum absolute atomic E-state index is 13.3. The van der Waals surface area contributed by atoms with E-state index < -0.39 is 12.3 Å². The third-order valence-electron chi connectivity index (χ3n) is 1.78. The van der Waals surface area contributed by atoms with E-state index in [1.807, 2.05) is 0 Å². The molecule has 14 heavy (non-hydrogen) atoms. The number of hydrogen-bond acceptors (Lipinski definition) is 1. The van der Waals surface area contributed by atoms with Crippen molar-refractivity contribution in [3.05, 3.63) is 33.8 Å². The summed E-state index contributed by atoms with van der Waals surface area (Å²) in [5, 5.41) is 0.304. The first kappa shape index (κ1) is 11.7. The number of nitrogens with two attached hydrogens (primary N) is 1. The van der Waals surface area contributed by atoms with Gasteiger partial charge in [-0.1, -0.05) is 29.3 Å². The van der Waals surface area contributed by atoms with Crippen LogP contribution < -0.4 is 5.73 Å². The largest absolute Gasteiger partial charge is 0.330 e. The Bertz CT molecular complexity index is 329. The number of hydrogen-bond donors (Lipinski definition) is 1. The van der Waals surface area contributed by atoms with Gasteiger partial charge in [0.1, 0.15) is 0 Å². The zero-order valence-electron chi connectivity index (χ0n) is 7.24. The lowest BCUT2D eigenvalue weighted by Crippen LogP contribution is -2.19. The Hall–Kier alpha value is -0.380. The summed E-state index contributed by atoms with van der Waals surface area (Å²) < 4.78 is 26.7. The third-order valence-corrected chi connectivity index (χ3v) is 2.33. The number of rotatable bonds is 3. The standard InChI is InChI=1S/C9H9Cl2F2N/c10-6-1-2-7(8(11)5-6)9(12,13)3-4-14/h1-2,5H,3-4,14H2. The Morgan fingerprint density at radius 2 is 1.93 bits per heavy atom. The molecule has 5 heteroatoms. The van der Waals surface area contributed by atoms with Crippen molar-refractivity contribution in [2.75, 3.05) is 6.54 Å². The average molecular weight is 240 g/mol. The molecule has 1 nitrogen and oxygen atoms in total. The minimum absolute atomic E-state index is 0.0315. The molecule has 0 aliphatic heterocycles. The smallest absolute Gasteiger partial charge is 0.275 e. The molecule has 2 N–H and O–H groups in total.